The van der Waals surface area contributed by atoms with Crippen LogP contribution in [0, 0.1) is 6.92 Å². The molecule has 2 amide bonds. The Hall–Kier alpha value is -3.07. The summed E-state index contributed by atoms with van der Waals surface area (Å²) in [5, 5.41) is 3.49. The van der Waals surface area contributed by atoms with Gasteiger partial charge in [0.25, 0.3) is 10.0 Å². The number of hydrogen-bond acceptors (Lipinski definition) is 4. The summed E-state index contributed by atoms with van der Waals surface area (Å²) < 4.78 is 29.0. The van der Waals surface area contributed by atoms with E-state index in [1.54, 1.807) is 49.4 Å². The van der Waals surface area contributed by atoms with Crippen LogP contribution in [-0.2, 0) is 26.2 Å². The lowest BCUT2D eigenvalue weighted by atomic mass is 10.0. The molecule has 0 aromatic heterocycles. The van der Waals surface area contributed by atoms with Gasteiger partial charge in [0.1, 0.15) is 12.6 Å². The van der Waals surface area contributed by atoms with Crippen LogP contribution < -0.4 is 9.62 Å². The van der Waals surface area contributed by atoms with Gasteiger partial charge in [-0.2, -0.15) is 0 Å². The van der Waals surface area contributed by atoms with E-state index in [0.29, 0.717) is 21.3 Å². The molecule has 10 heteroatoms. The van der Waals surface area contributed by atoms with E-state index in [4.69, 9.17) is 23.2 Å². The molecule has 1 unspecified atom stereocenters. The fourth-order valence-corrected chi connectivity index (χ4v) is 6.16. The van der Waals surface area contributed by atoms with Gasteiger partial charge in [0.05, 0.1) is 10.6 Å². The first-order valence-electron chi connectivity index (χ1n) is 13.4. The summed E-state index contributed by atoms with van der Waals surface area (Å²) in [7, 11) is -4.15. The maximum absolute atomic E-state index is 14.0. The third-order valence-electron chi connectivity index (χ3n) is 6.72. The van der Waals surface area contributed by atoms with E-state index in [0.717, 1.165) is 15.4 Å². The van der Waals surface area contributed by atoms with E-state index >= 15 is 0 Å². The van der Waals surface area contributed by atoms with Crippen molar-refractivity contribution in [1.29, 1.82) is 0 Å². The zero-order valence-corrected chi connectivity index (χ0v) is 26.5. The van der Waals surface area contributed by atoms with Gasteiger partial charge in [-0.25, -0.2) is 8.42 Å². The van der Waals surface area contributed by atoms with E-state index in [1.165, 1.54) is 17.0 Å². The molecule has 3 rings (SSSR count). The van der Waals surface area contributed by atoms with Gasteiger partial charge in [-0.05, 0) is 75.6 Å². The fraction of sp³-hybridized carbons (Fsp3) is 0.355. The molecule has 0 radical (unpaired) electrons. The van der Waals surface area contributed by atoms with Crippen molar-refractivity contribution in [2.75, 3.05) is 10.8 Å². The fourth-order valence-electron chi connectivity index (χ4n) is 4.23. The summed E-state index contributed by atoms with van der Waals surface area (Å²) >= 11 is 12.8. The second kappa shape index (κ2) is 13.7. The first-order valence-corrected chi connectivity index (χ1v) is 15.6. The predicted octanol–water partition coefficient (Wildman–Crippen LogP) is 6.56. The monoisotopic (exact) mass is 617 g/mol. The number of nitrogens with zero attached hydrogens (tertiary/aromatic N) is 2. The topological polar surface area (TPSA) is 86.8 Å². The van der Waals surface area contributed by atoms with Crippen LogP contribution in [0.2, 0.25) is 10.0 Å². The lowest BCUT2D eigenvalue weighted by Gasteiger charge is -2.32. The molecule has 0 saturated heterocycles. The van der Waals surface area contributed by atoms with Crippen LogP contribution in [0.1, 0.15) is 57.2 Å². The number of anilines is 1. The van der Waals surface area contributed by atoms with Gasteiger partial charge in [0.2, 0.25) is 11.8 Å². The Morgan fingerprint density at radius 1 is 0.854 bits per heavy atom. The summed E-state index contributed by atoms with van der Waals surface area (Å²) in [5.41, 5.74) is 2.73. The summed E-state index contributed by atoms with van der Waals surface area (Å²) in [6.07, 6.45) is 0. The second-order valence-corrected chi connectivity index (χ2v) is 13.3. The molecule has 41 heavy (non-hydrogen) atoms. The summed E-state index contributed by atoms with van der Waals surface area (Å²) in [6, 6.07) is 17.4. The van der Waals surface area contributed by atoms with Crippen LogP contribution in [0.15, 0.2) is 71.6 Å². The number of sulfonamides is 1. The van der Waals surface area contributed by atoms with Crippen molar-refractivity contribution >= 4 is 50.7 Å². The summed E-state index contributed by atoms with van der Waals surface area (Å²) in [6.45, 7) is 10.5. The Morgan fingerprint density at radius 2 is 1.41 bits per heavy atom. The molecule has 1 atom stereocenters. The summed E-state index contributed by atoms with van der Waals surface area (Å²) in [4.78, 5) is 28.5. The first kappa shape index (κ1) is 32.4. The molecule has 0 heterocycles. The van der Waals surface area contributed by atoms with E-state index in [2.05, 4.69) is 5.32 Å². The normalized spacial score (nSPS) is 12.3. The second-order valence-electron chi connectivity index (χ2n) is 10.6. The zero-order chi connectivity index (χ0) is 30.5. The Bertz CT molecular complexity index is 1450. The summed E-state index contributed by atoms with van der Waals surface area (Å²) in [5.74, 6) is -0.731. The number of aryl methyl sites for hydroxylation is 1. The highest BCUT2D eigenvalue weighted by molar-refractivity contribution is 7.92. The number of carbonyl (C=O) groups is 2. The van der Waals surface area contributed by atoms with Crippen LogP contribution in [0.3, 0.4) is 0 Å². The predicted molar refractivity (Wildman–Crippen MR) is 166 cm³/mol. The van der Waals surface area contributed by atoms with Crippen LogP contribution in [0.4, 0.5) is 5.69 Å². The Balaban J connectivity index is 2.08. The standard InChI is InChI=1S/C31H37Cl2N3O4S/c1-20(2)24-12-14-25(15-13-24)36(41(39,40)26-16-10-22(5)11-17-26)19-30(37)35(23(6)31(38)34-21(3)4)18-27-28(32)8-7-9-29(27)33/h7-17,20-21,23H,18-19H2,1-6H3,(H,34,38). The maximum Gasteiger partial charge on any atom is 0.264 e. The molecule has 0 saturated carbocycles. The number of benzene rings is 3. The van der Waals surface area contributed by atoms with E-state index in [9.17, 15) is 18.0 Å². The van der Waals surface area contributed by atoms with E-state index in [1.807, 2.05) is 46.8 Å². The smallest absolute Gasteiger partial charge is 0.264 e. The van der Waals surface area contributed by atoms with Crippen LogP contribution in [0.5, 0.6) is 0 Å². The molecule has 3 aromatic carbocycles. The highest BCUT2D eigenvalue weighted by Gasteiger charge is 2.33. The minimum atomic E-state index is -4.15. The van der Waals surface area contributed by atoms with Gasteiger partial charge in [-0.15, -0.1) is 0 Å². The average molecular weight is 619 g/mol. The third kappa shape index (κ3) is 8.03. The molecule has 0 aliphatic heterocycles. The highest BCUT2D eigenvalue weighted by atomic mass is 35.5. The number of nitrogens with one attached hydrogen (secondary N) is 1. The molecule has 0 aliphatic carbocycles. The van der Waals surface area contributed by atoms with Gasteiger partial charge in [-0.3, -0.25) is 13.9 Å². The average Bonchev–Trinajstić information content (AvgIpc) is 2.91. The molecule has 0 bridgehead atoms. The highest BCUT2D eigenvalue weighted by Crippen LogP contribution is 2.29. The number of halogens is 2. The van der Waals surface area contributed by atoms with Crippen molar-refractivity contribution < 1.29 is 18.0 Å². The Labute approximate surface area is 253 Å². The van der Waals surface area contributed by atoms with Gasteiger partial charge >= 0.3 is 0 Å². The minimum Gasteiger partial charge on any atom is -0.352 e. The van der Waals surface area contributed by atoms with E-state index in [-0.39, 0.29) is 29.3 Å². The van der Waals surface area contributed by atoms with Gasteiger partial charge in [-0.1, -0.05) is 72.9 Å². The van der Waals surface area contributed by atoms with Crippen molar-refractivity contribution in [3.8, 4) is 0 Å². The van der Waals surface area contributed by atoms with Crippen molar-refractivity contribution in [1.82, 2.24) is 10.2 Å². The van der Waals surface area contributed by atoms with Crippen molar-refractivity contribution in [3.63, 3.8) is 0 Å². The SMILES string of the molecule is Cc1ccc(S(=O)(=O)N(CC(=O)N(Cc2c(Cl)cccc2Cl)C(C)C(=O)NC(C)C)c2ccc(C(C)C)cc2)cc1. The van der Waals surface area contributed by atoms with Gasteiger partial charge < -0.3 is 10.2 Å². The molecular weight excluding hydrogens is 581 g/mol. The van der Waals surface area contributed by atoms with Crippen LogP contribution in [0.25, 0.3) is 0 Å². The molecule has 1 N–H and O–H groups in total. The molecule has 0 aliphatic rings. The van der Waals surface area contributed by atoms with Crippen molar-refractivity contribution in [2.24, 2.45) is 0 Å². The molecule has 0 fully saturated rings. The Morgan fingerprint density at radius 3 is 1.93 bits per heavy atom. The van der Waals surface area contributed by atoms with Crippen molar-refractivity contribution in [3.05, 3.63) is 93.5 Å². The maximum atomic E-state index is 14.0. The Kier molecular flexibility index (Phi) is 10.9. The van der Waals surface area contributed by atoms with Gasteiger partial charge in [0, 0.05) is 28.2 Å². The zero-order valence-electron chi connectivity index (χ0n) is 24.2. The lowest BCUT2D eigenvalue weighted by molar-refractivity contribution is -0.139. The minimum absolute atomic E-state index is 0.0510. The molecule has 3 aromatic rings. The number of rotatable bonds is 11. The molecular formula is C31H37Cl2N3O4S. The van der Waals surface area contributed by atoms with Crippen LogP contribution >= 0.6 is 23.2 Å². The van der Waals surface area contributed by atoms with Gasteiger partial charge in [0.15, 0.2) is 0 Å². The molecule has 7 nitrogen and oxygen atoms in total. The first-order chi connectivity index (χ1) is 19.2. The lowest BCUT2D eigenvalue weighted by Crippen LogP contribution is -2.52. The van der Waals surface area contributed by atoms with Crippen molar-refractivity contribution in [2.45, 2.75) is 71.0 Å². The number of amides is 2. The largest absolute Gasteiger partial charge is 0.352 e. The third-order valence-corrected chi connectivity index (χ3v) is 9.22. The van der Waals surface area contributed by atoms with Crippen LogP contribution in [-0.4, -0.2) is 43.8 Å². The molecule has 220 valence electrons. The molecule has 0 spiro atoms. The number of hydrogen-bond donors (Lipinski definition) is 1. The quantitative estimate of drug-likeness (QED) is 0.264. The number of carbonyl (C=O) groups excluding carboxylic acids is 2. The van der Waals surface area contributed by atoms with E-state index < -0.39 is 28.5 Å².